The quantitative estimate of drug-likeness (QED) is 0.783. The van der Waals surface area contributed by atoms with Gasteiger partial charge in [0.2, 0.25) is 0 Å². The van der Waals surface area contributed by atoms with Gasteiger partial charge in [0.15, 0.2) is 0 Å². The second-order valence-corrected chi connectivity index (χ2v) is 4.59. The first kappa shape index (κ1) is 14.1. The third kappa shape index (κ3) is 4.44. The fourth-order valence-corrected chi connectivity index (χ4v) is 1.93. The topological polar surface area (TPSA) is 26.3 Å². The summed E-state index contributed by atoms with van der Waals surface area (Å²) in [5, 5.41) is 0.303. The van der Waals surface area contributed by atoms with Gasteiger partial charge in [0, 0.05) is 37.1 Å². The van der Waals surface area contributed by atoms with E-state index in [0.717, 1.165) is 0 Å². The van der Waals surface area contributed by atoms with Crippen LogP contribution in [0.2, 0.25) is 5.02 Å². The molecule has 0 spiro atoms. The zero-order valence-corrected chi connectivity index (χ0v) is 10.8. The molecule has 0 heterocycles. The average molecular weight is 259 g/mol. The largest absolute Gasteiger partial charge is 0.384 e. The van der Waals surface area contributed by atoms with Crippen molar-refractivity contribution in [3.8, 4) is 0 Å². The van der Waals surface area contributed by atoms with Crippen LogP contribution < -0.4 is 0 Å². The lowest BCUT2D eigenvalue weighted by Gasteiger charge is -2.10. The molecule has 1 atom stereocenters. The van der Waals surface area contributed by atoms with Crippen molar-refractivity contribution in [2.75, 3.05) is 13.7 Å². The zero-order valence-electron chi connectivity index (χ0n) is 10.0. The summed E-state index contributed by atoms with van der Waals surface area (Å²) in [4.78, 5) is 11.7. The van der Waals surface area contributed by atoms with Crippen LogP contribution in [-0.4, -0.2) is 19.5 Å². The molecule has 0 saturated carbocycles. The van der Waals surface area contributed by atoms with E-state index in [1.54, 1.807) is 13.2 Å². The Bertz CT molecular complexity index is 373. The van der Waals surface area contributed by atoms with Gasteiger partial charge in [-0.15, -0.1) is 0 Å². The van der Waals surface area contributed by atoms with Gasteiger partial charge >= 0.3 is 0 Å². The van der Waals surface area contributed by atoms with Crippen LogP contribution in [0.3, 0.4) is 0 Å². The molecule has 0 bridgehead atoms. The van der Waals surface area contributed by atoms with E-state index in [1.165, 1.54) is 12.1 Å². The highest BCUT2D eigenvalue weighted by Gasteiger charge is 2.14. The molecular formula is C13H16ClFO2. The predicted molar refractivity (Wildman–Crippen MR) is 65.8 cm³/mol. The summed E-state index contributed by atoms with van der Waals surface area (Å²) >= 11 is 5.85. The van der Waals surface area contributed by atoms with Gasteiger partial charge in [0.25, 0.3) is 0 Å². The fraction of sp³-hybridized carbons (Fsp3) is 0.462. The third-order valence-electron chi connectivity index (χ3n) is 2.46. The number of carbonyl (C=O) groups is 1. The molecule has 0 fully saturated rings. The number of hydrogen-bond acceptors (Lipinski definition) is 2. The lowest BCUT2D eigenvalue weighted by Crippen LogP contribution is -2.13. The van der Waals surface area contributed by atoms with Crippen LogP contribution in [0.15, 0.2) is 18.2 Å². The fourth-order valence-electron chi connectivity index (χ4n) is 1.70. The van der Waals surface area contributed by atoms with Crippen molar-refractivity contribution in [3.63, 3.8) is 0 Å². The number of carbonyl (C=O) groups excluding carboxylic acids is 1. The van der Waals surface area contributed by atoms with E-state index < -0.39 is 5.82 Å². The molecule has 0 aromatic heterocycles. The summed E-state index contributed by atoms with van der Waals surface area (Å²) in [5.74, 6) is -0.315. The Balaban J connectivity index is 2.62. The van der Waals surface area contributed by atoms with E-state index in [-0.39, 0.29) is 23.7 Å². The van der Waals surface area contributed by atoms with Gasteiger partial charge < -0.3 is 4.74 Å². The molecule has 0 saturated heterocycles. The normalized spacial score (nSPS) is 12.5. The maximum Gasteiger partial charge on any atom is 0.137 e. The average Bonchev–Trinajstić information content (AvgIpc) is 2.24. The maximum absolute atomic E-state index is 13.4. The standard InChI is InChI=1S/C13H16ClFO2/c1-9(8-17-2)6-10(16)7-11-12(14)4-3-5-13(11)15/h3-5,9H,6-8H2,1-2H3. The van der Waals surface area contributed by atoms with Crippen LogP contribution >= 0.6 is 11.6 Å². The van der Waals surface area contributed by atoms with Crippen molar-refractivity contribution >= 4 is 17.4 Å². The molecule has 0 radical (unpaired) electrons. The van der Waals surface area contributed by atoms with E-state index >= 15 is 0 Å². The Kier molecular flexibility index (Phi) is 5.59. The zero-order chi connectivity index (χ0) is 12.8. The SMILES string of the molecule is COCC(C)CC(=O)Cc1c(F)cccc1Cl. The first-order valence-corrected chi connectivity index (χ1v) is 5.86. The summed E-state index contributed by atoms with van der Waals surface area (Å²) < 4.78 is 18.4. The van der Waals surface area contributed by atoms with Crippen molar-refractivity contribution in [3.05, 3.63) is 34.6 Å². The van der Waals surface area contributed by atoms with Crippen LogP contribution in [0.1, 0.15) is 18.9 Å². The Labute approximate surface area is 106 Å². The summed E-state index contributed by atoms with van der Waals surface area (Å²) in [6.45, 7) is 2.45. The van der Waals surface area contributed by atoms with Gasteiger partial charge in [-0.2, -0.15) is 0 Å². The minimum Gasteiger partial charge on any atom is -0.384 e. The van der Waals surface area contributed by atoms with Crippen LogP contribution in [0, 0.1) is 11.7 Å². The Morgan fingerprint density at radius 2 is 2.24 bits per heavy atom. The van der Waals surface area contributed by atoms with Crippen LogP contribution in [-0.2, 0) is 16.0 Å². The molecule has 0 aliphatic carbocycles. The van der Waals surface area contributed by atoms with Gasteiger partial charge in [-0.3, -0.25) is 4.79 Å². The first-order chi connectivity index (χ1) is 8.04. The van der Waals surface area contributed by atoms with Crippen molar-refractivity contribution in [2.45, 2.75) is 19.8 Å². The highest BCUT2D eigenvalue weighted by molar-refractivity contribution is 6.31. The molecule has 1 aromatic rings. The predicted octanol–water partition coefficient (Wildman–Crippen LogP) is 3.26. The van der Waals surface area contributed by atoms with Gasteiger partial charge in [0.05, 0.1) is 0 Å². The molecular weight excluding hydrogens is 243 g/mol. The Morgan fingerprint density at radius 1 is 1.53 bits per heavy atom. The smallest absolute Gasteiger partial charge is 0.137 e. The van der Waals surface area contributed by atoms with Crippen molar-refractivity contribution in [2.24, 2.45) is 5.92 Å². The number of methoxy groups -OCH3 is 1. The molecule has 1 unspecified atom stereocenters. The van der Waals surface area contributed by atoms with Gasteiger partial charge in [0.1, 0.15) is 11.6 Å². The third-order valence-corrected chi connectivity index (χ3v) is 2.82. The monoisotopic (exact) mass is 258 g/mol. The second-order valence-electron chi connectivity index (χ2n) is 4.18. The number of ether oxygens (including phenoxy) is 1. The molecule has 0 aliphatic rings. The summed E-state index contributed by atoms with van der Waals surface area (Å²) in [6.07, 6.45) is 0.415. The number of ketones is 1. The number of halogens is 2. The molecule has 2 nitrogen and oxygen atoms in total. The molecule has 94 valence electrons. The summed E-state index contributed by atoms with van der Waals surface area (Å²) in [7, 11) is 1.59. The molecule has 0 amide bonds. The molecule has 0 N–H and O–H groups in total. The second kappa shape index (κ2) is 6.72. The van der Waals surface area contributed by atoms with E-state index in [0.29, 0.717) is 18.1 Å². The highest BCUT2D eigenvalue weighted by atomic mass is 35.5. The van der Waals surface area contributed by atoms with E-state index in [9.17, 15) is 9.18 Å². The Hall–Kier alpha value is -0.930. The van der Waals surface area contributed by atoms with Gasteiger partial charge in [-0.25, -0.2) is 4.39 Å². The number of Topliss-reactive ketones (excluding diaryl/α,β-unsaturated/α-hetero) is 1. The molecule has 1 rings (SSSR count). The maximum atomic E-state index is 13.4. The van der Waals surface area contributed by atoms with E-state index in [2.05, 4.69) is 0 Å². The lowest BCUT2D eigenvalue weighted by atomic mass is 10.00. The van der Waals surface area contributed by atoms with Crippen molar-refractivity contribution < 1.29 is 13.9 Å². The number of rotatable bonds is 6. The number of benzene rings is 1. The van der Waals surface area contributed by atoms with Crippen molar-refractivity contribution in [1.29, 1.82) is 0 Å². The van der Waals surface area contributed by atoms with Crippen molar-refractivity contribution in [1.82, 2.24) is 0 Å². The molecule has 1 aromatic carbocycles. The van der Waals surface area contributed by atoms with Gasteiger partial charge in [-0.1, -0.05) is 24.6 Å². The van der Waals surface area contributed by atoms with E-state index in [4.69, 9.17) is 16.3 Å². The summed E-state index contributed by atoms with van der Waals surface area (Å²) in [6, 6.07) is 4.43. The Morgan fingerprint density at radius 3 is 2.82 bits per heavy atom. The molecule has 17 heavy (non-hydrogen) atoms. The summed E-state index contributed by atoms with van der Waals surface area (Å²) in [5.41, 5.74) is 0.281. The van der Waals surface area contributed by atoms with Crippen LogP contribution in [0.4, 0.5) is 4.39 Å². The van der Waals surface area contributed by atoms with E-state index in [1.807, 2.05) is 6.92 Å². The van der Waals surface area contributed by atoms with Crippen LogP contribution in [0.25, 0.3) is 0 Å². The van der Waals surface area contributed by atoms with Gasteiger partial charge in [-0.05, 0) is 18.1 Å². The lowest BCUT2D eigenvalue weighted by molar-refractivity contribution is -0.119. The number of hydrogen-bond donors (Lipinski definition) is 0. The minimum atomic E-state index is -0.426. The van der Waals surface area contributed by atoms with Crippen LogP contribution in [0.5, 0.6) is 0 Å². The molecule has 4 heteroatoms. The highest BCUT2D eigenvalue weighted by Crippen LogP contribution is 2.20. The first-order valence-electron chi connectivity index (χ1n) is 5.48. The molecule has 0 aliphatic heterocycles. The minimum absolute atomic E-state index is 0.0263.